The van der Waals surface area contributed by atoms with Gasteiger partial charge in [0.1, 0.15) is 17.4 Å². The van der Waals surface area contributed by atoms with Crippen LogP contribution in [0.5, 0.6) is 5.75 Å². The van der Waals surface area contributed by atoms with Gasteiger partial charge in [0, 0.05) is 12.0 Å². The molecule has 1 aliphatic heterocycles. The van der Waals surface area contributed by atoms with Crippen molar-refractivity contribution in [2.75, 3.05) is 10.6 Å². The Bertz CT molecular complexity index is 1110. The van der Waals surface area contributed by atoms with Crippen molar-refractivity contribution in [1.29, 1.82) is 0 Å². The van der Waals surface area contributed by atoms with Crippen molar-refractivity contribution in [3.63, 3.8) is 0 Å². The Morgan fingerprint density at radius 2 is 1.81 bits per heavy atom. The van der Waals surface area contributed by atoms with Crippen LogP contribution in [0.1, 0.15) is 55.5 Å². The third-order valence-corrected chi connectivity index (χ3v) is 7.01. The molecule has 0 aliphatic carbocycles. The lowest BCUT2D eigenvalue weighted by Gasteiger charge is -2.39. The lowest BCUT2D eigenvalue weighted by molar-refractivity contribution is -0.123. The van der Waals surface area contributed by atoms with E-state index in [-0.39, 0.29) is 11.9 Å². The number of hydrogen-bond acceptors (Lipinski definition) is 4. The summed E-state index contributed by atoms with van der Waals surface area (Å²) in [6, 6.07) is 10.1. The number of aryl methyl sites for hydroxylation is 3. The molecule has 1 aliphatic rings. The number of rotatable bonds is 5. The predicted octanol–water partition coefficient (Wildman–Crippen LogP) is 4.18. The van der Waals surface area contributed by atoms with E-state index < -0.39 is 21.7 Å². The Hall–Kier alpha value is -2.54. The van der Waals surface area contributed by atoms with Gasteiger partial charge in [-0.3, -0.25) is 9.10 Å². The number of sulfonamides is 1. The summed E-state index contributed by atoms with van der Waals surface area (Å²) >= 11 is 0. The van der Waals surface area contributed by atoms with Crippen molar-refractivity contribution in [1.82, 2.24) is 5.32 Å². The molecule has 31 heavy (non-hydrogen) atoms. The maximum atomic E-state index is 13.3. The molecule has 0 saturated carbocycles. The number of carbonyl (C=O) groups is 1. The second-order valence-corrected chi connectivity index (χ2v) is 11.0. The van der Waals surface area contributed by atoms with Crippen molar-refractivity contribution in [3.8, 4) is 5.75 Å². The molecule has 0 fully saturated rings. The highest BCUT2D eigenvalue weighted by molar-refractivity contribution is 7.92. The molecule has 0 unspecified atom stereocenters. The van der Waals surface area contributed by atoms with Crippen LogP contribution in [-0.2, 0) is 14.8 Å². The van der Waals surface area contributed by atoms with E-state index in [1.54, 1.807) is 19.1 Å². The monoisotopic (exact) mass is 444 g/mol. The van der Waals surface area contributed by atoms with E-state index in [2.05, 4.69) is 5.32 Å². The molecule has 2 aromatic rings. The molecule has 0 radical (unpaired) electrons. The fourth-order valence-electron chi connectivity index (χ4n) is 4.07. The van der Waals surface area contributed by atoms with Crippen LogP contribution < -0.4 is 14.4 Å². The zero-order valence-electron chi connectivity index (χ0n) is 19.3. The third-order valence-electron chi connectivity index (χ3n) is 5.77. The Labute approximate surface area is 185 Å². The van der Waals surface area contributed by atoms with Crippen molar-refractivity contribution in [3.05, 3.63) is 58.7 Å². The molecule has 2 aromatic carbocycles. The van der Waals surface area contributed by atoms with Gasteiger partial charge in [-0.2, -0.15) is 0 Å². The van der Waals surface area contributed by atoms with Crippen LogP contribution in [0.4, 0.5) is 5.69 Å². The quantitative estimate of drug-likeness (QED) is 0.750. The first-order chi connectivity index (χ1) is 14.3. The zero-order chi connectivity index (χ0) is 23.1. The minimum absolute atomic E-state index is 0.269. The molecule has 1 heterocycles. The summed E-state index contributed by atoms with van der Waals surface area (Å²) in [4.78, 5) is 13.3. The number of hydrogen-bond donors (Lipinski definition) is 1. The first kappa shape index (κ1) is 23.1. The molecule has 2 atom stereocenters. The van der Waals surface area contributed by atoms with E-state index in [0.717, 1.165) is 34.3 Å². The number of amides is 1. The number of ether oxygens (including phenoxy) is 1. The molecular formula is C24H32N2O4S. The first-order valence-corrected chi connectivity index (χ1v) is 12.3. The molecule has 0 aromatic heterocycles. The molecular weight excluding hydrogens is 412 g/mol. The van der Waals surface area contributed by atoms with Crippen molar-refractivity contribution in [2.45, 2.75) is 65.6 Å². The summed E-state index contributed by atoms with van der Waals surface area (Å²) < 4.78 is 32.6. The SMILES string of the molecule is Cc1ccc2c(c1)[C@@H](NC(=O)[C@@H](C)N(c1ccc(C)c(C)c1)S(C)(=O)=O)CC(C)(C)O2. The standard InChI is InChI=1S/C24H32N2O4S/c1-15-8-11-22-20(12-15)21(14-24(5,6)30-22)25-23(27)18(4)26(31(7,28)29)19-10-9-16(2)17(3)13-19/h8-13,18,21H,14H2,1-7H3,(H,25,27)/t18-,21+/m1/s1. The highest BCUT2D eigenvalue weighted by Crippen LogP contribution is 2.40. The Morgan fingerprint density at radius 3 is 2.42 bits per heavy atom. The second kappa shape index (κ2) is 8.19. The molecule has 1 N–H and O–H groups in total. The lowest BCUT2D eigenvalue weighted by atomic mass is 9.89. The van der Waals surface area contributed by atoms with Gasteiger partial charge in [0.15, 0.2) is 0 Å². The average Bonchev–Trinajstić information content (AvgIpc) is 2.63. The van der Waals surface area contributed by atoms with E-state index in [0.29, 0.717) is 12.1 Å². The fourth-order valence-corrected chi connectivity index (χ4v) is 5.23. The summed E-state index contributed by atoms with van der Waals surface area (Å²) in [5.41, 5.74) is 4.05. The molecule has 0 bridgehead atoms. The number of anilines is 1. The van der Waals surface area contributed by atoms with E-state index in [1.807, 2.05) is 58.9 Å². The highest BCUT2D eigenvalue weighted by atomic mass is 32.2. The van der Waals surface area contributed by atoms with E-state index >= 15 is 0 Å². The third kappa shape index (κ3) is 5.03. The highest BCUT2D eigenvalue weighted by Gasteiger charge is 2.37. The zero-order valence-corrected chi connectivity index (χ0v) is 20.1. The molecule has 7 heteroatoms. The molecule has 1 amide bonds. The largest absolute Gasteiger partial charge is 0.487 e. The smallest absolute Gasteiger partial charge is 0.244 e. The van der Waals surface area contributed by atoms with Crippen molar-refractivity contribution >= 4 is 21.6 Å². The van der Waals surface area contributed by atoms with Crippen molar-refractivity contribution in [2.24, 2.45) is 0 Å². The predicted molar refractivity (Wildman–Crippen MR) is 124 cm³/mol. The number of fused-ring (bicyclic) bond motifs is 1. The van der Waals surface area contributed by atoms with Crippen LogP contribution in [0.25, 0.3) is 0 Å². The number of nitrogens with zero attached hydrogens (tertiary/aromatic N) is 1. The van der Waals surface area contributed by atoms with E-state index in [9.17, 15) is 13.2 Å². The van der Waals surface area contributed by atoms with Gasteiger partial charge in [0.25, 0.3) is 0 Å². The molecule has 6 nitrogen and oxygen atoms in total. The minimum atomic E-state index is -3.67. The normalized spacial score (nSPS) is 18.5. The van der Waals surface area contributed by atoms with Gasteiger partial charge in [-0.15, -0.1) is 0 Å². The topological polar surface area (TPSA) is 75.7 Å². The van der Waals surface area contributed by atoms with Gasteiger partial charge in [-0.1, -0.05) is 23.8 Å². The molecule has 168 valence electrons. The van der Waals surface area contributed by atoms with Gasteiger partial charge < -0.3 is 10.1 Å². The Morgan fingerprint density at radius 1 is 1.13 bits per heavy atom. The Balaban J connectivity index is 1.92. The number of carbonyl (C=O) groups excluding carboxylic acids is 1. The van der Waals surface area contributed by atoms with Crippen LogP contribution >= 0.6 is 0 Å². The number of benzene rings is 2. The summed E-state index contributed by atoms with van der Waals surface area (Å²) in [6.45, 7) is 11.5. The van der Waals surface area contributed by atoms with Crippen LogP contribution in [-0.4, -0.2) is 32.2 Å². The first-order valence-electron chi connectivity index (χ1n) is 10.4. The Kier molecular flexibility index (Phi) is 6.11. The van der Waals surface area contributed by atoms with Gasteiger partial charge in [0.05, 0.1) is 18.0 Å². The van der Waals surface area contributed by atoms with E-state index in [4.69, 9.17) is 4.74 Å². The molecule has 0 spiro atoms. The lowest BCUT2D eigenvalue weighted by Crippen LogP contribution is -2.50. The molecule has 3 rings (SSSR count). The van der Waals surface area contributed by atoms with Crippen molar-refractivity contribution < 1.29 is 17.9 Å². The minimum Gasteiger partial charge on any atom is -0.487 e. The summed E-state index contributed by atoms with van der Waals surface area (Å²) in [7, 11) is -3.67. The summed E-state index contributed by atoms with van der Waals surface area (Å²) in [5.74, 6) is 0.396. The molecule has 0 saturated heterocycles. The van der Waals surface area contributed by atoms with Gasteiger partial charge in [-0.05, 0) is 70.9 Å². The van der Waals surface area contributed by atoms with Crippen LogP contribution in [0.3, 0.4) is 0 Å². The maximum absolute atomic E-state index is 13.3. The maximum Gasteiger partial charge on any atom is 0.244 e. The number of nitrogens with one attached hydrogen (secondary N) is 1. The second-order valence-electron chi connectivity index (χ2n) is 9.17. The summed E-state index contributed by atoms with van der Waals surface area (Å²) in [5, 5.41) is 3.08. The fraction of sp³-hybridized carbons (Fsp3) is 0.458. The van der Waals surface area contributed by atoms with Gasteiger partial charge in [0.2, 0.25) is 15.9 Å². The van der Waals surface area contributed by atoms with Gasteiger partial charge in [-0.25, -0.2) is 8.42 Å². The average molecular weight is 445 g/mol. The summed E-state index contributed by atoms with van der Waals surface area (Å²) in [6.07, 6.45) is 1.71. The van der Waals surface area contributed by atoms with Crippen LogP contribution in [0, 0.1) is 20.8 Å². The van der Waals surface area contributed by atoms with Crippen LogP contribution in [0.15, 0.2) is 36.4 Å². The van der Waals surface area contributed by atoms with Gasteiger partial charge >= 0.3 is 0 Å². The van der Waals surface area contributed by atoms with E-state index in [1.165, 1.54) is 4.31 Å². The van der Waals surface area contributed by atoms with Crippen LogP contribution in [0.2, 0.25) is 0 Å².